The standard InChI is InChI=1S/C45H61N4O11PS/c1-10-28-22-45(28,61(9,54)58-26-57-43(53)56-11-2)23-38(50)37-19-31(24-49(37)41(52)33(44(5,6)7)20-40(51)60-29-14-12-13-15-29)59-39-21-35(36-25-62-42(48-36)46-27(3)4)47-34-18-30(55-8)16-17-32(34)39/h10,16-18,21,25,27-29,31,33,37H,1,11-15,19-20,22-24,26H2,2-9H3,(H,46,48)/t28-,31-,33-,37+,45-,61?/m1/s1. The lowest BCUT2D eigenvalue weighted by atomic mass is 9.77. The average Bonchev–Trinajstić information content (AvgIpc) is 3.61. The number of nitrogens with zero attached hydrogens (tertiary/aromatic N) is 3. The van der Waals surface area contributed by atoms with E-state index < -0.39 is 54.9 Å². The smallest absolute Gasteiger partial charge is 0.497 e. The Morgan fingerprint density at radius 1 is 1.08 bits per heavy atom. The molecule has 3 fully saturated rings. The highest BCUT2D eigenvalue weighted by Crippen LogP contribution is 2.73. The number of Topliss-reactive ketones (excluding diaryl/α,β-unsaturated/α-hetero) is 1. The number of methoxy groups -OCH3 is 1. The molecule has 1 aromatic carbocycles. The van der Waals surface area contributed by atoms with E-state index in [1.54, 1.807) is 20.1 Å². The zero-order valence-corrected chi connectivity index (χ0v) is 38.8. The van der Waals surface area contributed by atoms with Crippen LogP contribution in [0.5, 0.6) is 11.5 Å². The topological polar surface area (TPSA) is 182 Å². The van der Waals surface area contributed by atoms with Crippen molar-refractivity contribution < 1.29 is 52.0 Å². The number of thiazole rings is 1. The fourth-order valence-corrected chi connectivity index (χ4v) is 11.6. The number of esters is 1. The van der Waals surface area contributed by atoms with Gasteiger partial charge in [0.05, 0.1) is 55.0 Å². The molecular weight excluding hydrogens is 836 g/mol. The monoisotopic (exact) mass is 896 g/mol. The number of ketones is 1. The van der Waals surface area contributed by atoms with Crippen molar-refractivity contribution in [3.8, 4) is 22.9 Å². The summed E-state index contributed by atoms with van der Waals surface area (Å²) in [6.45, 7) is 16.3. The number of allylic oxidation sites excluding steroid dienone is 1. The van der Waals surface area contributed by atoms with E-state index in [0.29, 0.717) is 40.2 Å². The summed E-state index contributed by atoms with van der Waals surface area (Å²) < 4.78 is 48.0. The summed E-state index contributed by atoms with van der Waals surface area (Å²) >= 11 is 1.46. The quantitative estimate of drug-likeness (QED) is 0.0521. The van der Waals surface area contributed by atoms with Crippen molar-refractivity contribution in [1.82, 2.24) is 14.9 Å². The molecule has 2 aliphatic carbocycles. The molecule has 1 saturated heterocycles. The molecule has 338 valence electrons. The zero-order valence-electron chi connectivity index (χ0n) is 37.1. The third-order valence-electron chi connectivity index (χ3n) is 12.1. The van der Waals surface area contributed by atoms with Crippen LogP contribution >= 0.6 is 18.7 Å². The van der Waals surface area contributed by atoms with Gasteiger partial charge in [-0.3, -0.25) is 23.5 Å². The van der Waals surface area contributed by atoms with Crippen molar-refractivity contribution in [1.29, 1.82) is 0 Å². The number of rotatable bonds is 19. The Hall–Kier alpha value is -4.53. The van der Waals surface area contributed by atoms with E-state index in [-0.39, 0.29) is 62.2 Å². The first kappa shape index (κ1) is 47.0. The molecule has 0 spiro atoms. The molecule has 0 radical (unpaired) electrons. The molecule has 1 amide bonds. The normalized spacial score (nSPS) is 22.8. The van der Waals surface area contributed by atoms with Crippen LogP contribution in [0.25, 0.3) is 22.3 Å². The van der Waals surface area contributed by atoms with Crippen molar-refractivity contribution in [2.45, 2.75) is 122 Å². The van der Waals surface area contributed by atoms with Crippen LogP contribution in [0.2, 0.25) is 0 Å². The van der Waals surface area contributed by atoms with Crippen LogP contribution in [-0.2, 0) is 37.7 Å². The number of carbonyl (C=O) groups excluding carboxylic acids is 4. The molecule has 3 heterocycles. The highest BCUT2D eigenvalue weighted by molar-refractivity contribution is 7.60. The van der Waals surface area contributed by atoms with E-state index in [9.17, 15) is 23.7 Å². The third-order valence-corrected chi connectivity index (χ3v) is 15.8. The highest BCUT2D eigenvalue weighted by Gasteiger charge is 2.65. The van der Waals surface area contributed by atoms with Crippen molar-refractivity contribution in [2.24, 2.45) is 17.3 Å². The fourth-order valence-electron chi connectivity index (χ4n) is 8.54. The first-order valence-electron chi connectivity index (χ1n) is 21.4. The Balaban J connectivity index is 1.32. The molecule has 3 aromatic rings. The Bertz CT molecular complexity index is 2180. The maximum atomic E-state index is 15.0. The molecule has 1 N–H and O–H groups in total. The van der Waals surface area contributed by atoms with E-state index >= 15 is 0 Å². The van der Waals surface area contributed by atoms with Gasteiger partial charge >= 0.3 is 12.1 Å². The summed E-state index contributed by atoms with van der Waals surface area (Å²) in [6, 6.07) is 6.50. The molecule has 0 bridgehead atoms. The van der Waals surface area contributed by atoms with Gasteiger partial charge in [0, 0.05) is 48.4 Å². The number of fused-ring (bicyclic) bond motifs is 1. The molecule has 1 aliphatic heterocycles. The van der Waals surface area contributed by atoms with E-state index in [2.05, 4.69) is 11.9 Å². The van der Waals surface area contributed by atoms with E-state index in [1.165, 1.54) is 22.9 Å². The largest absolute Gasteiger partial charge is 0.510 e. The van der Waals surface area contributed by atoms with Crippen LogP contribution < -0.4 is 14.8 Å². The Labute approximate surface area is 368 Å². The van der Waals surface area contributed by atoms with Crippen molar-refractivity contribution in [3.05, 3.63) is 42.3 Å². The number of ether oxygens (including phenoxy) is 5. The summed E-state index contributed by atoms with van der Waals surface area (Å²) in [5.41, 5.74) is 1.14. The number of hydrogen-bond donors (Lipinski definition) is 1. The second-order valence-corrected chi connectivity index (χ2v) is 21.6. The molecule has 6 atom stereocenters. The van der Waals surface area contributed by atoms with Crippen LogP contribution in [0.1, 0.15) is 92.9 Å². The van der Waals surface area contributed by atoms with Crippen molar-refractivity contribution >= 4 is 58.6 Å². The van der Waals surface area contributed by atoms with E-state index in [0.717, 1.165) is 30.8 Å². The Morgan fingerprint density at radius 2 is 1.82 bits per heavy atom. The minimum Gasteiger partial charge on any atom is -0.497 e. The molecule has 15 nitrogen and oxygen atoms in total. The predicted octanol–water partition coefficient (Wildman–Crippen LogP) is 9.03. The Kier molecular flexibility index (Phi) is 14.7. The van der Waals surface area contributed by atoms with Gasteiger partial charge in [0.1, 0.15) is 29.4 Å². The first-order chi connectivity index (χ1) is 29.4. The van der Waals surface area contributed by atoms with Gasteiger partial charge in [-0.1, -0.05) is 26.8 Å². The lowest BCUT2D eigenvalue weighted by Crippen LogP contribution is -2.48. The molecule has 1 unspecified atom stereocenters. The maximum Gasteiger partial charge on any atom is 0.510 e. The third kappa shape index (κ3) is 10.8. The minimum absolute atomic E-state index is 0.0412. The van der Waals surface area contributed by atoms with E-state index in [4.69, 9.17) is 38.2 Å². The van der Waals surface area contributed by atoms with Crippen LogP contribution in [0, 0.1) is 17.3 Å². The molecule has 2 aromatic heterocycles. The van der Waals surface area contributed by atoms with Crippen LogP contribution in [0.4, 0.5) is 9.93 Å². The first-order valence-corrected chi connectivity index (χ1v) is 24.4. The zero-order chi connectivity index (χ0) is 45.0. The SMILES string of the molecule is C=C[C@@H]1C[C@]1(CC(=O)[C@@H]1C[C@@H](Oc2cc(-c3csc(NC(C)C)n3)nc3cc(OC)ccc23)CN1C(=O)[C@@H](CC(=O)OC1CCCC1)C(C)(C)C)P(C)(=O)OCOC(=O)OCC. The summed E-state index contributed by atoms with van der Waals surface area (Å²) in [4.78, 5) is 66.3. The highest BCUT2D eigenvalue weighted by atomic mass is 32.1. The van der Waals surface area contributed by atoms with Gasteiger partial charge in [-0.25, -0.2) is 14.8 Å². The average molecular weight is 897 g/mol. The number of carbonyl (C=O) groups is 4. The molecule has 6 rings (SSSR count). The molecule has 3 aliphatic rings. The van der Waals surface area contributed by atoms with Gasteiger partial charge in [-0.15, -0.1) is 17.9 Å². The number of hydrogen-bond acceptors (Lipinski definition) is 15. The van der Waals surface area contributed by atoms with Crippen LogP contribution in [0.15, 0.2) is 42.3 Å². The number of likely N-dealkylation sites (tertiary alicyclic amines) is 1. The molecular formula is C45H61N4O11PS. The van der Waals surface area contributed by atoms with Crippen molar-refractivity contribution in [3.63, 3.8) is 0 Å². The van der Waals surface area contributed by atoms with Gasteiger partial charge < -0.3 is 33.9 Å². The second kappa shape index (κ2) is 19.5. The van der Waals surface area contributed by atoms with Gasteiger partial charge in [-0.05, 0) is 76.3 Å². The maximum absolute atomic E-state index is 15.0. The van der Waals surface area contributed by atoms with Crippen molar-refractivity contribution in [2.75, 3.05) is 39.0 Å². The minimum atomic E-state index is -3.64. The summed E-state index contributed by atoms with van der Waals surface area (Å²) in [5, 5.41) is 5.57. The lowest BCUT2D eigenvalue weighted by molar-refractivity contribution is -0.156. The number of benzene rings is 1. The number of pyridine rings is 1. The number of anilines is 1. The number of amides is 1. The lowest BCUT2D eigenvalue weighted by Gasteiger charge is -2.35. The van der Waals surface area contributed by atoms with Crippen LogP contribution in [-0.4, -0.2) is 102 Å². The van der Waals surface area contributed by atoms with Crippen LogP contribution in [0.3, 0.4) is 0 Å². The number of nitrogens with one attached hydrogen (secondary N) is 1. The van der Waals surface area contributed by atoms with Gasteiger partial charge in [0.2, 0.25) is 20.1 Å². The van der Waals surface area contributed by atoms with Gasteiger partial charge in [-0.2, -0.15) is 0 Å². The Morgan fingerprint density at radius 3 is 2.47 bits per heavy atom. The summed E-state index contributed by atoms with van der Waals surface area (Å²) in [5.74, 6) is -1.20. The molecule has 17 heteroatoms. The summed E-state index contributed by atoms with van der Waals surface area (Å²) in [7, 11) is -2.06. The predicted molar refractivity (Wildman–Crippen MR) is 237 cm³/mol. The second-order valence-electron chi connectivity index (χ2n) is 17.9. The van der Waals surface area contributed by atoms with E-state index in [1.807, 2.05) is 64.3 Å². The van der Waals surface area contributed by atoms with Gasteiger partial charge in [0.25, 0.3) is 0 Å². The molecule has 2 saturated carbocycles. The fraction of sp³-hybridized carbons (Fsp3) is 0.600. The molecule has 62 heavy (non-hydrogen) atoms. The number of aromatic nitrogens is 2. The summed E-state index contributed by atoms with van der Waals surface area (Å²) in [6.07, 6.45) is 3.56. The van der Waals surface area contributed by atoms with Gasteiger partial charge in [0.15, 0.2) is 10.9 Å².